The van der Waals surface area contributed by atoms with E-state index in [1.54, 1.807) is 0 Å². The minimum atomic E-state index is 0.287. The third-order valence-electron chi connectivity index (χ3n) is 3.05. The molecular weight excluding hydrogens is 172 g/mol. The van der Waals surface area contributed by atoms with Crippen LogP contribution in [0.1, 0.15) is 42.1 Å². The topological polar surface area (TPSA) is 17.1 Å². The Morgan fingerprint density at radius 2 is 2.14 bits per heavy atom. The third-order valence-corrected chi connectivity index (χ3v) is 3.05. The molecule has 1 heteroatoms. The Morgan fingerprint density at radius 3 is 2.93 bits per heavy atom. The van der Waals surface area contributed by atoms with E-state index in [1.165, 1.54) is 5.56 Å². The van der Waals surface area contributed by atoms with Crippen LogP contribution in [0.2, 0.25) is 0 Å². The lowest BCUT2D eigenvalue weighted by Gasteiger charge is -2.22. The maximum absolute atomic E-state index is 12.0. The molecule has 0 spiro atoms. The Morgan fingerprint density at radius 1 is 1.36 bits per heavy atom. The number of rotatable bonds is 2. The van der Waals surface area contributed by atoms with Gasteiger partial charge in [0.1, 0.15) is 0 Å². The summed E-state index contributed by atoms with van der Waals surface area (Å²) in [4.78, 5) is 12.0. The van der Waals surface area contributed by atoms with Crippen molar-refractivity contribution in [2.45, 2.75) is 32.6 Å². The van der Waals surface area contributed by atoms with Gasteiger partial charge in [-0.25, -0.2) is 0 Å². The zero-order valence-electron chi connectivity index (χ0n) is 8.62. The fraction of sp³-hybridized carbons (Fsp3) is 0.462. The number of ketones is 1. The fourth-order valence-electron chi connectivity index (χ4n) is 2.28. The minimum Gasteiger partial charge on any atom is -0.294 e. The number of fused-ring (bicyclic) bond motifs is 1. The first-order valence-corrected chi connectivity index (χ1v) is 5.45. The van der Waals surface area contributed by atoms with Crippen LogP contribution in [0.25, 0.3) is 0 Å². The zero-order valence-corrected chi connectivity index (χ0v) is 8.62. The van der Waals surface area contributed by atoms with Crippen molar-refractivity contribution in [3.05, 3.63) is 35.4 Å². The van der Waals surface area contributed by atoms with E-state index in [0.717, 1.165) is 31.2 Å². The van der Waals surface area contributed by atoms with Gasteiger partial charge in [0.15, 0.2) is 5.78 Å². The summed E-state index contributed by atoms with van der Waals surface area (Å²) in [5.41, 5.74) is 2.21. The summed E-state index contributed by atoms with van der Waals surface area (Å²) in [6.07, 6.45) is 4.28. The first-order chi connectivity index (χ1) is 6.83. The highest BCUT2D eigenvalue weighted by Gasteiger charge is 2.25. The second-order valence-electron chi connectivity index (χ2n) is 4.05. The lowest BCUT2D eigenvalue weighted by atomic mass is 9.81. The summed E-state index contributed by atoms with van der Waals surface area (Å²) in [5.74, 6) is 0.656. The van der Waals surface area contributed by atoms with Crippen LogP contribution in [-0.2, 0) is 6.42 Å². The molecule has 0 bridgehead atoms. The molecule has 74 valence electrons. The van der Waals surface area contributed by atoms with Crippen LogP contribution in [0, 0.1) is 5.92 Å². The van der Waals surface area contributed by atoms with E-state index in [-0.39, 0.29) is 5.92 Å². The van der Waals surface area contributed by atoms with Gasteiger partial charge in [0.05, 0.1) is 0 Å². The van der Waals surface area contributed by atoms with Gasteiger partial charge in [-0.1, -0.05) is 37.6 Å². The number of carbonyl (C=O) groups excluding carboxylic acids is 1. The van der Waals surface area contributed by atoms with Gasteiger partial charge in [-0.15, -0.1) is 0 Å². The number of hydrogen-bond donors (Lipinski definition) is 0. The average molecular weight is 188 g/mol. The summed E-state index contributed by atoms with van der Waals surface area (Å²) >= 11 is 0. The molecule has 0 saturated heterocycles. The summed E-state index contributed by atoms with van der Waals surface area (Å²) in [5, 5.41) is 0. The average Bonchev–Trinajstić information content (AvgIpc) is 2.23. The highest BCUT2D eigenvalue weighted by atomic mass is 16.1. The summed E-state index contributed by atoms with van der Waals surface area (Å²) in [6.45, 7) is 2.15. The van der Waals surface area contributed by atoms with Gasteiger partial charge in [0.25, 0.3) is 0 Å². The lowest BCUT2D eigenvalue weighted by Crippen LogP contribution is -2.22. The van der Waals surface area contributed by atoms with E-state index in [1.807, 2.05) is 18.2 Å². The van der Waals surface area contributed by atoms with Gasteiger partial charge in [-0.3, -0.25) is 4.79 Å². The summed E-state index contributed by atoms with van der Waals surface area (Å²) in [6, 6.07) is 8.03. The number of carbonyl (C=O) groups is 1. The smallest absolute Gasteiger partial charge is 0.166 e. The number of aryl methyl sites for hydroxylation is 1. The number of hydrogen-bond acceptors (Lipinski definition) is 1. The van der Waals surface area contributed by atoms with Crippen LogP contribution >= 0.6 is 0 Å². The molecule has 0 unspecified atom stereocenters. The first-order valence-electron chi connectivity index (χ1n) is 5.45. The van der Waals surface area contributed by atoms with Crippen molar-refractivity contribution in [3.8, 4) is 0 Å². The lowest BCUT2D eigenvalue weighted by molar-refractivity contribution is 0.0894. The molecule has 1 aromatic rings. The molecule has 0 radical (unpaired) electrons. The van der Waals surface area contributed by atoms with E-state index in [9.17, 15) is 4.79 Å². The summed E-state index contributed by atoms with van der Waals surface area (Å²) in [7, 11) is 0. The van der Waals surface area contributed by atoms with Crippen molar-refractivity contribution >= 4 is 5.78 Å². The van der Waals surface area contributed by atoms with Crippen molar-refractivity contribution in [3.63, 3.8) is 0 Å². The van der Waals surface area contributed by atoms with Gasteiger partial charge >= 0.3 is 0 Å². The molecule has 0 aromatic heterocycles. The van der Waals surface area contributed by atoms with Crippen molar-refractivity contribution < 1.29 is 4.79 Å². The van der Waals surface area contributed by atoms with Crippen LogP contribution in [0.4, 0.5) is 0 Å². The number of benzene rings is 1. The van der Waals surface area contributed by atoms with Gasteiger partial charge in [0.2, 0.25) is 0 Å². The molecule has 0 aliphatic heterocycles. The van der Waals surface area contributed by atoms with E-state index in [2.05, 4.69) is 13.0 Å². The van der Waals surface area contributed by atoms with Crippen LogP contribution in [0.15, 0.2) is 24.3 Å². The Balaban J connectivity index is 2.27. The Bertz CT molecular complexity index is 341. The molecule has 2 rings (SSSR count). The van der Waals surface area contributed by atoms with Crippen LogP contribution in [-0.4, -0.2) is 5.78 Å². The Kier molecular flexibility index (Phi) is 2.67. The highest BCUT2D eigenvalue weighted by Crippen LogP contribution is 2.27. The number of Topliss-reactive ketones (excluding diaryl/α,β-unsaturated/α-hetero) is 1. The Hall–Kier alpha value is -1.11. The molecule has 0 heterocycles. The summed E-state index contributed by atoms with van der Waals surface area (Å²) < 4.78 is 0. The second-order valence-corrected chi connectivity index (χ2v) is 4.05. The molecule has 1 aliphatic rings. The van der Waals surface area contributed by atoms with E-state index in [0.29, 0.717) is 5.78 Å². The predicted molar refractivity (Wildman–Crippen MR) is 57.5 cm³/mol. The van der Waals surface area contributed by atoms with Crippen molar-refractivity contribution in [2.75, 3.05) is 0 Å². The molecule has 14 heavy (non-hydrogen) atoms. The standard InChI is InChI=1S/C13H16O/c1-2-5-11-9-8-10-6-3-4-7-12(10)13(11)14/h3-4,6-7,11H,2,5,8-9H2,1H3/t11-/m1/s1. The second kappa shape index (κ2) is 3.95. The maximum Gasteiger partial charge on any atom is 0.166 e. The SMILES string of the molecule is CCC[C@@H]1CCc2ccccc2C1=O. The largest absolute Gasteiger partial charge is 0.294 e. The molecule has 1 aliphatic carbocycles. The molecule has 0 fully saturated rings. The third kappa shape index (κ3) is 1.59. The molecule has 0 saturated carbocycles. The highest BCUT2D eigenvalue weighted by molar-refractivity contribution is 6.00. The van der Waals surface area contributed by atoms with Crippen molar-refractivity contribution in [2.24, 2.45) is 5.92 Å². The molecule has 1 aromatic carbocycles. The maximum atomic E-state index is 12.0. The van der Waals surface area contributed by atoms with Gasteiger partial charge in [-0.2, -0.15) is 0 Å². The minimum absolute atomic E-state index is 0.287. The van der Waals surface area contributed by atoms with E-state index >= 15 is 0 Å². The first kappa shape index (κ1) is 9.45. The van der Waals surface area contributed by atoms with E-state index in [4.69, 9.17) is 0 Å². The van der Waals surface area contributed by atoms with E-state index < -0.39 is 0 Å². The van der Waals surface area contributed by atoms with Crippen LogP contribution in [0.3, 0.4) is 0 Å². The Labute approximate surface area is 85.1 Å². The predicted octanol–water partition coefficient (Wildman–Crippen LogP) is 3.23. The van der Waals surface area contributed by atoms with Gasteiger partial charge < -0.3 is 0 Å². The quantitative estimate of drug-likeness (QED) is 0.696. The molecule has 1 atom stereocenters. The molecule has 1 nitrogen and oxygen atoms in total. The van der Waals surface area contributed by atoms with Crippen molar-refractivity contribution in [1.82, 2.24) is 0 Å². The van der Waals surface area contributed by atoms with Gasteiger partial charge in [-0.05, 0) is 24.8 Å². The normalized spacial score (nSPS) is 20.6. The fourth-order valence-corrected chi connectivity index (χ4v) is 2.28. The van der Waals surface area contributed by atoms with Crippen LogP contribution in [0.5, 0.6) is 0 Å². The molecule has 0 N–H and O–H groups in total. The monoisotopic (exact) mass is 188 g/mol. The van der Waals surface area contributed by atoms with Crippen molar-refractivity contribution in [1.29, 1.82) is 0 Å². The van der Waals surface area contributed by atoms with Gasteiger partial charge in [0, 0.05) is 11.5 Å². The molecular formula is C13H16O. The van der Waals surface area contributed by atoms with Crippen LogP contribution < -0.4 is 0 Å². The molecule has 0 amide bonds. The zero-order chi connectivity index (χ0) is 9.97.